The molecule has 7 heteroatoms. The smallest absolute Gasteiger partial charge is 0.354 e. The lowest BCUT2D eigenvalue weighted by Crippen LogP contribution is -2.38. The van der Waals surface area contributed by atoms with E-state index in [2.05, 4.69) is 4.98 Å². The molecule has 0 aliphatic carbocycles. The van der Waals surface area contributed by atoms with E-state index >= 15 is 0 Å². The zero-order valence-electron chi connectivity index (χ0n) is 10.5. The van der Waals surface area contributed by atoms with Crippen LogP contribution in [0.4, 0.5) is 5.69 Å². The minimum atomic E-state index is -3.44. The highest BCUT2D eigenvalue weighted by Crippen LogP contribution is 2.21. The first-order valence-corrected chi connectivity index (χ1v) is 7.12. The predicted molar refractivity (Wildman–Crippen MR) is 68.3 cm³/mol. The lowest BCUT2D eigenvalue weighted by molar-refractivity contribution is 0.0690. The van der Waals surface area contributed by atoms with Crippen LogP contribution in [0.5, 0.6) is 0 Å². The molecular weight excluding hydrogens is 256 g/mol. The summed E-state index contributed by atoms with van der Waals surface area (Å²) in [5.74, 6) is -1.23. The SMILES string of the molecule is CCS(=O)(=O)N(c1ccnc(C(=O)O)c1)C(C)C. The number of aromatic carboxylic acids is 1. The molecule has 1 aromatic heterocycles. The summed E-state index contributed by atoms with van der Waals surface area (Å²) in [5, 5.41) is 8.86. The van der Waals surface area contributed by atoms with Crippen LogP contribution in [-0.2, 0) is 10.0 Å². The molecular formula is C11H16N2O4S. The van der Waals surface area contributed by atoms with Crippen LogP contribution in [0.25, 0.3) is 0 Å². The summed E-state index contributed by atoms with van der Waals surface area (Å²) in [6.07, 6.45) is 1.29. The van der Waals surface area contributed by atoms with Crippen molar-refractivity contribution >= 4 is 21.7 Å². The van der Waals surface area contributed by atoms with E-state index in [4.69, 9.17) is 5.11 Å². The first-order valence-electron chi connectivity index (χ1n) is 5.51. The lowest BCUT2D eigenvalue weighted by atomic mass is 10.3. The number of rotatable bonds is 5. The van der Waals surface area contributed by atoms with Gasteiger partial charge < -0.3 is 5.11 Å². The Labute approximate surface area is 106 Å². The van der Waals surface area contributed by atoms with Crippen molar-refractivity contribution < 1.29 is 18.3 Å². The summed E-state index contributed by atoms with van der Waals surface area (Å²) in [7, 11) is -3.44. The van der Waals surface area contributed by atoms with Crippen LogP contribution in [0.3, 0.4) is 0 Å². The largest absolute Gasteiger partial charge is 0.477 e. The molecule has 0 unspecified atom stereocenters. The fourth-order valence-corrected chi connectivity index (χ4v) is 2.95. The Morgan fingerprint density at radius 1 is 1.50 bits per heavy atom. The van der Waals surface area contributed by atoms with Crippen LogP contribution in [0, 0.1) is 0 Å². The molecule has 0 aliphatic heterocycles. The van der Waals surface area contributed by atoms with E-state index in [9.17, 15) is 13.2 Å². The second kappa shape index (κ2) is 5.34. The van der Waals surface area contributed by atoms with Gasteiger partial charge in [0.2, 0.25) is 10.0 Å². The number of carboxylic acids is 1. The molecule has 0 saturated heterocycles. The van der Waals surface area contributed by atoms with E-state index in [0.29, 0.717) is 5.69 Å². The molecule has 0 bridgehead atoms. The fraction of sp³-hybridized carbons (Fsp3) is 0.455. The topological polar surface area (TPSA) is 87.6 Å². The highest BCUT2D eigenvalue weighted by Gasteiger charge is 2.24. The quantitative estimate of drug-likeness (QED) is 0.874. The Morgan fingerprint density at radius 3 is 2.56 bits per heavy atom. The van der Waals surface area contributed by atoms with Gasteiger partial charge in [-0.1, -0.05) is 0 Å². The molecule has 0 fully saturated rings. The van der Waals surface area contributed by atoms with Gasteiger partial charge in [-0.05, 0) is 32.9 Å². The Bertz CT molecular complexity index is 540. The molecule has 0 spiro atoms. The van der Waals surface area contributed by atoms with Crippen molar-refractivity contribution in [2.24, 2.45) is 0 Å². The normalized spacial score (nSPS) is 11.6. The van der Waals surface area contributed by atoms with Gasteiger partial charge in [0.15, 0.2) is 0 Å². The molecule has 0 aromatic carbocycles. The second-order valence-electron chi connectivity index (χ2n) is 3.99. The van der Waals surface area contributed by atoms with Crippen LogP contribution in [0.2, 0.25) is 0 Å². The highest BCUT2D eigenvalue weighted by molar-refractivity contribution is 7.92. The zero-order valence-corrected chi connectivity index (χ0v) is 11.3. The van der Waals surface area contributed by atoms with Gasteiger partial charge in [0.05, 0.1) is 11.4 Å². The summed E-state index contributed by atoms with van der Waals surface area (Å²) in [6, 6.07) is 2.45. The van der Waals surface area contributed by atoms with E-state index in [-0.39, 0.29) is 17.5 Å². The zero-order chi connectivity index (χ0) is 13.9. The maximum absolute atomic E-state index is 12.0. The number of hydrogen-bond acceptors (Lipinski definition) is 4. The molecule has 1 aromatic rings. The number of nitrogens with zero attached hydrogens (tertiary/aromatic N) is 2. The van der Waals surface area contributed by atoms with E-state index in [1.807, 2.05) is 0 Å². The number of pyridine rings is 1. The van der Waals surface area contributed by atoms with Crippen LogP contribution >= 0.6 is 0 Å². The van der Waals surface area contributed by atoms with Gasteiger partial charge in [-0.15, -0.1) is 0 Å². The highest BCUT2D eigenvalue weighted by atomic mass is 32.2. The Kier molecular flexibility index (Phi) is 4.28. The maximum atomic E-state index is 12.0. The fourth-order valence-electron chi connectivity index (χ4n) is 1.59. The van der Waals surface area contributed by atoms with Gasteiger partial charge in [0.25, 0.3) is 0 Å². The number of carbonyl (C=O) groups is 1. The third-order valence-electron chi connectivity index (χ3n) is 2.35. The van der Waals surface area contributed by atoms with Crippen LogP contribution < -0.4 is 4.31 Å². The van der Waals surface area contributed by atoms with Gasteiger partial charge in [0, 0.05) is 12.2 Å². The maximum Gasteiger partial charge on any atom is 0.354 e. The predicted octanol–water partition coefficient (Wildman–Crippen LogP) is 1.34. The van der Waals surface area contributed by atoms with Crippen molar-refractivity contribution in [2.75, 3.05) is 10.1 Å². The summed E-state index contributed by atoms with van der Waals surface area (Å²) < 4.78 is 25.2. The summed E-state index contributed by atoms with van der Waals surface area (Å²) in [5.41, 5.74) is 0.142. The van der Waals surface area contributed by atoms with E-state index in [0.717, 1.165) is 0 Å². The molecule has 18 heavy (non-hydrogen) atoms. The van der Waals surface area contributed by atoms with E-state index < -0.39 is 16.0 Å². The van der Waals surface area contributed by atoms with Crippen LogP contribution in [0.1, 0.15) is 31.3 Å². The minimum Gasteiger partial charge on any atom is -0.477 e. The Balaban J connectivity index is 3.32. The number of aromatic nitrogens is 1. The van der Waals surface area contributed by atoms with Crippen molar-refractivity contribution in [1.82, 2.24) is 4.98 Å². The third-order valence-corrected chi connectivity index (χ3v) is 4.31. The first-order chi connectivity index (χ1) is 8.29. The van der Waals surface area contributed by atoms with Gasteiger partial charge >= 0.3 is 5.97 Å². The lowest BCUT2D eigenvalue weighted by Gasteiger charge is -2.27. The van der Waals surface area contributed by atoms with Gasteiger partial charge in [0.1, 0.15) is 5.69 Å². The molecule has 1 rings (SSSR count). The standard InChI is InChI=1S/C11H16N2O4S/c1-4-18(16,17)13(8(2)3)9-5-6-12-10(7-9)11(14)15/h5-8H,4H2,1-3H3,(H,14,15). The monoisotopic (exact) mass is 272 g/mol. The summed E-state index contributed by atoms with van der Waals surface area (Å²) in [6.45, 7) is 5.01. The molecule has 1 heterocycles. The van der Waals surface area contributed by atoms with Crippen LogP contribution in [0.15, 0.2) is 18.3 Å². The Hall–Kier alpha value is -1.63. The summed E-state index contributed by atoms with van der Waals surface area (Å²) in [4.78, 5) is 14.5. The first kappa shape index (κ1) is 14.4. The minimum absolute atomic E-state index is 0.0457. The van der Waals surface area contributed by atoms with Gasteiger partial charge in [-0.2, -0.15) is 0 Å². The van der Waals surface area contributed by atoms with Crippen molar-refractivity contribution in [3.8, 4) is 0 Å². The molecule has 1 N–H and O–H groups in total. The second-order valence-corrected chi connectivity index (χ2v) is 6.13. The van der Waals surface area contributed by atoms with Gasteiger partial charge in [-0.3, -0.25) is 4.31 Å². The molecule has 0 amide bonds. The Morgan fingerprint density at radius 2 is 2.11 bits per heavy atom. The average Bonchev–Trinajstić information content (AvgIpc) is 2.28. The van der Waals surface area contributed by atoms with Crippen LogP contribution in [-0.4, -0.2) is 36.3 Å². The van der Waals surface area contributed by atoms with E-state index in [1.165, 1.54) is 22.6 Å². The average molecular weight is 272 g/mol. The van der Waals surface area contributed by atoms with Crippen molar-refractivity contribution in [1.29, 1.82) is 0 Å². The third kappa shape index (κ3) is 2.98. The van der Waals surface area contributed by atoms with Gasteiger partial charge in [-0.25, -0.2) is 18.2 Å². The molecule has 0 atom stereocenters. The number of sulfonamides is 1. The molecule has 0 aliphatic rings. The van der Waals surface area contributed by atoms with Crippen molar-refractivity contribution in [2.45, 2.75) is 26.8 Å². The molecule has 6 nitrogen and oxygen atoms in total. The molecule has 0 radical (unpaired) electrons. The number of carboxylic acid groups (broad SMARTS) is 1. The molecule has 100 valence electrons. The number of hydrogen-bond donors (Lipinski definition) is 1. The van der Waals surface area contributed by atoms with E-state index in [1.54, 1.807) is 20.8 Å². The van der Waals surface area contributed by atoms with Crippen molar-refractivity contribution in [3.05, 3.63) is 24.0 Å². The molecule has 0 saturated carbocycles. The van der Waals surface area contributed by atoms with Crippen molar-refractivity contribution in [3.63, 3.8) is 0 Å². The summed E-state index contributed by atoms with van der Waals surface area (Å²) >= 11 is 0. The number of anilines is 1.